The van der Waals surface area contributed by atoms with E-state index < -0.39 is 0 Å². The number of Topliss-reactive ketones (excluding diaryl/α,β-unsaturated/α-hetero) is 1. The van der Waals surface area contributed by atoms with Crippen LogP contribution in [0.2, 0.25) is 0 Å². The Bertz CT molecular complexity index is 393. The van der Waals surface area contributed by atoms with Crippen molar-refractivity contribution < 1.29 is 4.79 Å². The Morgan fingerprint density at radius 3 is 2.39 bits per heavy atom. The van der Waals surface area contributed by atoms with Crippen molar-refractivity contribution in [3.05, 3.63) is 29.8 Å². The molecule has 0 saturated heterocycles. The molecule has 2 N–H and O–H groups in total. The third kappa shape index (κ3) is 3.36. The number of benzene rings is 1. The number of hydrogen-bond acceptors (Lipinski definition) is 3. The number of carbonyl (C=O) groups is 1. The molecule has 2 nitrogen and oxygen atoms in total. The Morgan fingerprint density at radius 1 is 1.22 bits per heavy atom. The molecule has 0 atom stereocenters. The molecule has 1 fully saturated rings. The van der Waals surface area contributed by atoms with Crippen LogP contribution in [0.3, 0.4) is 0 Å². The molecule has 0 spiro atoms. The summed E-state index contributed by atoms with van der Waals surface area (Å²) in [7, 11) is 0. The van der Waals surface area contributed by atoms with Gasteiger partial charge >= 0.3 is 0 Å². The molecular weight excluding hydrogens is 242 g/mol. The lowest BCUT2D eigenvalue weighted by atomic mass is 9.82. The minimum atomic E-state index is 0.189. The van der Waals surface area contributed by atoms with Gasteiger partial charge in [0.25, 0.3) is 0 Å². The van der Waals surface area contributed by atoms with E-state index in [9.17, 15) is 4.79 Å². The van der Waals surface area contributed by atoms with Crippen molar-refractivity contribution in [2.24, 2.45) is 11.7 Å². The minimum Gasteiger partial charge on any atom is -0.328 e. The van der Waals surface area contributed by atoms with Gasteiger partial charge in [-0.1, -0.05) is 19.1 Å². The molecule has 1 aliphatic carbocycles. The smallest absolute Gasteiger partial charge is 0.165 e. The second kappa shape index (κ2) is 6.39. The predicted molar refractivity (Wildman–Crippen MR) is 77.1 cm³/mol. The van der Waals surface area contributed by atoms with Gasteiger partial charge < -0.3 is 5.73 Å². The van der Waals surface area contributed by atoms with Crippen molar-refractivity contribution in [3.63, 3.8) is 0 Å². The Morgan fingerprint density at radius 2 is 1.83 bits per heavy atom. The predicted octanol–water partition coefficient (Wildman–Crippen LogP) is 3.50. The van der Waals surface area contributed by atoms with Gasteiger partial charge in [-0.05, 0) is 43.6 Å². The van der Waals surface area contributed by atoms with Gasteiger partial charge in [0.15, 0.2) is 5.78 Å². The monoisotopic (exact) mass is 263 g/mol. The Labute approximate surface area is 113 Å². The molecule has 1 aromatic rings. The van der Waals surface area contributed by atoms with Crippen LogP contribution in [0, 0.1) is 5.92 Å². The molecule has 0 aromatic heterocycles. The van der Waals surface area contributed by atoms with E-state index in [-0.39, 0.29) is 5.92 Å². The lowest BCUT2D eigenvalue weighted by molar-refractivity contribution is 0.0884. The van der Waals surface area contributed by atoms with E-state index in [4.69, 9.17) is 5.73 Å². The van der Waals surface area contributed by atoms with Gasteiger partial charge in [-0.25, -0.2) is 0 Å². The highest BCUT2D eigenvalue weighted by Gasteiger charge is 2.25. The summed E-state index contributed by atoms with van der Waals surface area (Å²) in [5.41, 5.74) is 6.73. The maximum absolute atomic E-state index is 12.3. The van der Waals surface area contributed by atoms with Crippen molar-refractivity contribution >= 4 is 17.5 Å². The summed E-state index contributed by atoms with van der Waals surface area (Å²) in [5, 5.41) is 0. The van der Waals surface area contributed by atoms with Gasteiger partial charge in [0.1, 0.15) is 0 Å². The van der Waals surface area contributed by atoms with Crippen LogP contribution in [0.15, 0.2) is 29.2 Å². The SMILES string of the molecule is CCSc1ccc(C(=O)C2CCC(N)CC2)cc1. The highest BCUT2D eigenvalue weighted by atomic mass is 32.2. The van der Waals surface area contributed by atoms with Gasteiger partial charge in [0.05, 0.1) is 0 Å². The van der Waals surface area contributed by atoms with Crippen molar-refractivity contribution in [1.29, 1.82) is 0 Å². The molecule has 0 unspecified atom stereocenters. The van der Waals surface area contributed by atoms with Crippen molar-refractivity contribution in [3.8, 4) is 0 Å². The van der Waals surface area contributed by atoms with Crippen LogP contribution in [0.25, 0.3) is 0 Å². The van der Waals surface area contributed by atoms with Crippen molar-refractivity contribution in [1.82, 2.24) is 0 Å². The summed E-state index contributed by atoms with van der Waals surface area (Å²) in [4.78, 5) is 13.6. The van der Waals surface area contributed by atoms with E-state index in [0.717, 1.165) is 37.0 Å². The normalized spacial score (nSPS) is 23.9. The number of thioether (sulfide) groups is 1. The molecule has 1 aliphatic rings. The van der Waals surface area contributed by atoms with Crippen LogP contribution in [0.1, 0.15) is 43.0 Å². The first kappa shape index (κ1) is 13.6. The molecule has 3 heteroatoms. The van der Waals surface area contributed by atoms with Gasteiger partial charge in [-0.3, -0.25) is 4.79 Å². The third-order valence-corrected chi connectivity index (χ3v) is 4.49. The lowest BCUT2D eigenvalue weighted by Crippen LogP contribution is -2.29. The van der Waals surface area contributed by atoms with Crippen molar-refractivity contribution in [2.75, 3.05) is 5.75 Å². The number of rotatable bonds is 4. The van der Waals surface area contributed by atoms with E-state index in [2.05, 4.69) is 19.1 Å². The molecular formula is C15H21NOS. The van der Waals surface area contributed by atoms with Crippen LogP contribution in [0.5, 0.6) is 0 Å². The van der Waals surface area contributed by atoms with Crippen LogP contribution in [0.4, 0.5) is 0 Å². The fourth-order valence-electron chi connectivity index (χ4n) is 2.50. The van der Waals surface area contributed by atoms with Gasteiger partial charge in [0, 0.05) is 22.4 Å². The maximum Gasteiger partial charge on any atom is 0.165 e. The molecule has 18 heavy (non-hydrogen) atoms. The first-order valence-corrected chi connectivity index (χ1v) is 7.72. The molecule has 0 radical (unpaired) electrons. The van der Waals surface area contributed by atoms with Crippen molar-refractivity contribution in [2.45, 2.75) is 43.5 Å². The second-order valence-electron chi connectivity index (χ2n) is 4.93. The molecule has 0 aliphatic heterocycles. The fraction of sp³-hybridized carbons (Fsp3) is 0.533. The zero-order chi connectivity index (χ0) is 13.0. The highest BCUT2D eigenvalue weighted by Crippen LogP contribution is 2.27. The Kier molecular flexibility index (Phi) is 4.84. The van der Waals surface area contributed by atoms with E-state index in [1.807, 2.05) is 12.1 Å². The van der Waals surface area contributed by atoms with Crippen LogP contribution in [-0.2, 0) is 0 Å². The summed E-state index contributed by atoms with van der Waals surface area (Å²) in [6.07, 6.45) is 3.87. The van der Waals surface area contributed by atoms with Crippen LogP contribution in [-0.4, -0.2) is 17.6 Å². The van der Waals surface area contributed by atoms with Crippen LogP contribution >= 0.6 is 11.8 Å². The second-order valence-corrected chi connectivity index (χ2v) is 6.27. The molecule has 98 valence electrons. The summed E-state index contributed by atoms with van der Waals surface area (Å²) >= 11 is 1.80. The summed E-state index contributed by atoms with van der Waals surface area (Å²) in [5.74, 6) is 1.55. The number of carbonyl (C=O) groups excluding carboxylic acids is 1. The van der Waals surface area contributed by atoms with E-state index in [1.54, 1.807) is 11.8 Å². The number of nitrogens with two attached hydrogens (primary N) is 1. The summed E-state index contributed by atoms with van der Waals surface area (Å²) in [6.45, 7) is 2.13. The Hall–Kier alpha value is -0.800. The third-order valence-electron chi connectivity index (χ3n) is 3.59. The zero-order valence-electron chi connectivity index (χ0n) is 10.9. The largest absolute Gasteiger partial charge is 0.328 e. The average Bonchev–Trinajstić information content (AvgIpc) is 2.40. The quantitative estimate of drug-likeness (QED) is 0.668. The van der Waals surface area contributed by atoms with Gasteiger partial charge in [-0.2, -0.15) is 0 Å². The molecule has 1 saturated carbocycles. The number of hydrogen-bond donors (Lipinski definition) is 1. The van der Waals surface area contributed by atoms with Gasteiger partial charge in [-0.15, -0.1) is 11.8 Å². The summed E-state index contributed by atoms with van der Waals surface area (Å²) in [6, 6.07) is 8.34. The molecule has 0 bridgehead atoms. The van der Waals surface area contributed by atoms with E-state index in [0.29, 0.717) is 11.8 Å². The van der Waals surface area contributed by atoms with Gasteiger partial charge in [0.2, 0.25) is 0 Å². The van der Waals surface area contributed by atoms with Crippen LogP contribution < -0.4 is 5.73 Å². The summed E-state index contributed by atoms with van der Waals surface area (Å²) < 4.78 is 0. The average molecular weight is 263 g/mol. The lowest BCUT2D eigenvalue weighted by Gasteiger charge is -2.25. The fourth-order valence-corrected chi connectivity index (χ4v) is 3.16. The van der Waals surface area contributed by atoms with E-state index in [1.165, 1.54) is 4.90 Å². The standard InChI is InChI=1S/C15H21NOS/c1-2-18-14-9-5-12(6-10-14)15(17)11-3-7-13(16)8-4-11/h5-6,9-11,13H,2-4,7-8,16H2,1H3. The molecule has 1 aromatic carbocycles. The number of ketones is 1. The maximum atomic E-state index is 12.3. The molecule has 0 heterocycles. The molecule has 2 rings (SSSR count). The first-order chi connectivity index (χ1) is 8.70. The Balaban J connectivity index is 2.00. The van der Waals surface area contributed by atoms with E-state index >= 15 is 0 Å². The topological polar surface area (TPSA) is 43.1 Å². The first-order valence-electron chi connectivity index (χ1n) is 6.73. The minimum absolute atomic E-state index is 0.189. The molecule has 0 amide bonds. The highest BCUT2D eigenvalue weighted by molar-refractivity contribution is 7.99. The zero-order valence-corrected chi connectivity index (χ0v) is 11.7.